The fourth-order valence-electron chi connectivity index (χ4n) is 3.55. The molecule has 1 aliphatic heterocycles. The third kappa shape index (κ3) is 4.50. The molecule has 2 atom stereocenters. The van der Waals surface area contributed by atoms with E-state index >= 15 is 0 Å². The molecule has 2 aliphatic rings. The van der Waals surface area contributed by atoms with Crippen molar-refractivity contribution >= 4 is 5.69 Å². The van der Waals surface area contributed by atoms with Crippen molar-refractivity contribution in [1.82, 2.24) is 10.2 Å². The zero-order valence-electron chi connectivity index (χ0n) is 15.4. The molecule has 0 aromatic heterocycles. The van der Waals surface area contributed by atoms with Gasteiger partial charge in [-0.1, -0.05) is 12.1 Å². The summed E-state index contributed by atoms with van der Waals surface area (Å²) in [5.74, 6) is 0. The van der Waals surface area contributed by atoms with Crippen molar-refractivity contribution in [3.8, 4) is 0 Å². The van der Waals surface area contributed by atoms with Crippen LogP contribution >= 0.6 is 0 Å². The van der Waals surface area contributed by atoms with E-state index in [0.717, 1.165) is 38.5 Å². The van der Waals surface area contributed by atoms with Crippen molar-refractivity contribution in [3.63, 3.8) is 0 Å². The first kappa shape index (κ1) is 17.7. The largest absolute Gasteiger partial charge is 0.393 e. The zero-order valence-corrected chi connectivity index (χ0v) is 15.4. The van der Waals surface area contributed by atoms with Gasteiger partial charge in [-0.25, -0.2) is 0 Å². The predicted molar refractivity (Wildman–Crippen MR) is 101 cm³/mol. The highest BCUT2D eigenvalue weighted by Crippen LogP contribution is 2.27. The number of likely N-dealkylation sites (N-methyl/N-ethyl adjacent to an activating group) is 1. The van der Waals surface area contributed by atoms with E-state index in [0.29, 0.717) is 12.1 Å². The smallest absolute Gasteiger partial charge is 0.0574 e. The monoisotopic (exact) mass is 331 g/mol. The number of anilines is 1. The van der Waals surface area contributed by atoms with E-state index in [1.807, 2.05) is 0 Å². The van der Waals surface area contributed by atoms with E-state index in [2.05, 4.69) is 60.3 Å². The molecular weight excluding hydrogens is 298 g/mol. The lowest BCUT2D eigenvalue weighted by Crippen LogP contribution is -2.39. The van der Waals surface area contributed by atoms with Gasteiger partial charge in [0, 0.05) is 43.4 Å². The molecule has 1 aromatic rings. The lowest BCUT2D eigenvalue weighted by Gasteiger charge is -2.31. The molecule has 4 nitrogen and oxygen atoms in total. The van der Waals surface area contributed by atoms with Gasteiger partial charge in [-0.3, -0.25) is 4.90 Å². The van der Waals surface area contributed by atoms with Crippen LogP contribution in [0, 0.1) is 0 Å². The van der Waals surface area contributed by atoms with E-state index < -0.39 is 0 Å². The second-order valence-electron chi connectivity index (χ2n) is 7.69. The molecular formula is C20H33N3O. The normalized spacial score (nSPS) is 22.0. The summed E-state index contributed by atoms with van der Waals surface area (Å²) in [4.78, 5) is 4.88. The minimum Gasteiger partial charge on any atom is -0.393 e. The fourth-order valence-corrected chi connectivity index (χ4v) is 3.55. The van der Waals surface area contributed by atoms with Crippen molar-refractivity contribution in [2.75, 3.05) is 31.6 Å². The van der Waals surface area contributed by atoms with Gasteiger partial charge in [0.05, 0.1) is 6.10 Å². The highest BCUT2D eigenvalue weighted by molar-refractivity contribution is 5.48. The van der Waals surface area contributed by atoms with Crippen LogP contribution in [0.5, 0.6) is 0 Å². The molecule has 1 aromatic carbocycles. The Kier molecular flexibility index (Phi) is 5.80. The summed E-state index contributed by atoms with van der Waals surface area (Å²) in [6.07, 6.45) is 4.38. The summed E-state index contributed by atoms with van der Waals surface area (Å²) in [6.45, 7) is 7.50. The summed E-state index contributed by atoms with van der Waals surface area (Å²) in [6, 6.07) is 10.7. The average Bonchev–Trinajstić information content (AvgIpc) is 3.44. The number of nitrogens with zero attached hydrogens (tertiary/aromatic N) is 2. The van der Waals surface area contributed by atoms with E-state index in [9.17, 15) is 5.11 Å². The molecule has 1 saturated heterocycles. The van der Waals surface area contributed by atoms with Crippen LogP contribution in [0.2, 0.25) is 0 Å². The summed E-state index contributed by atoms with van der Waals surface area (Å²) in [5, 5.41) is 13.3. The number of hydrogen-bond donors (Lipinski definition) is 2. The molecule has 4 heteroatoms. The van der Waals surface area contributed by atoms with Crippen LogP contribution in [0.3, 0.4) is 0 Å². The van der Waals surface area contributed by atoms with Crippen LogP contribution in [0.4, 0.5) is 5.69 Å². The lowest BCUT2D eigenvalue weighted by atomic mass is 10.0. The molecule has 1 saturated carbocycles. The highest BCUT2D eigenvalue weighted by Gasteiger charge is 2.29. The number of aliphatic hydroxyl groups excluding tert-OH is 1. The topological polar surface area (TPSA) is 38.7 Å². The van der Waals surface area contributed by atoms with Crippen molar-refractivity contribution < 1.29 is 5.11 Å². The van der Waals surface area contributed by atoms with Crippen LogP contribution in [-0.2, 0) is 0 Å². The Labute approximate surface area is 146 Å². The Morgan fingerprint density at radius 1 is 1.12 bits per heavy atom. The lowest BCUT2D eigenvalue weighted by molar-refractivity contribution is 0.145. The molecule has 0 bridgehead atoms. The van der Waals surface area contributed by atoms with Crippen LogP contribution in [-0.4, -0.2) is 54.9 Å². The molecule has 2 fully saturated rings. The quantitative estimate of drug-likeness (QED) is 0.806. The van der Waals surface area contributed by atoms with E-state index in [1.54, 1.807) is 0 Å². The fraction of sp³-hybridized carbons (Fsp3) is 0.700. The van der Waals surface area contributed by atoms with Gasteiger partial charge in [0.2, 0.25) is 0 Å². The van der Waals surface area contributed by atoms with Crippen LogP contribution < -0.4 is 10.2 Å². The van der Waals surface area contributed by atoms with Gasteiger partial charge in [-0.15, -0.1) is 0 Å². The SMILES string of the molecule is CC(NCC(C)N(C)C1CC1)c1ccc(N2CCC(O)CC2)cc1. The molecule has 2 unspecified atom stereocenters. The third-order valence-electron chi connectivity index (χ3n) is 5.76. The van der Waals surface area contributed by atoms with Crippen LogP contribution in [0.1, 0.15) is 51.1 Å². The highest BCUT2D eigenvalue weighted by atomic mass is 16.3. The van der Waals surface area contributed by atoms with E-state index in [1.165, 1.54) is 24.1 Å². The van der Waals surface area contributed by atoms with E-state index in [-0.39, 0.29) is 6.10 Å². The van der Waals surface area contributed by atoms with Gasteiger partial charge in [0.1, 0.15) is 0 Å². The molecule has 24 heavy (non-hydrogen) atoms. The molecule has 1 heterocycles. The minimum atomic E-state index is -0.111. The molecule has 3 rings (SSSR count). The first-order valence-corrected chi connectivity index (χ1v) is 9.53. The number of aliphatic hydroxyl groups is 1. The third-order valence-corrected chi connectivity index (χ3v) is 5.76. The molecule has 134 valence electrons. The maximum atomic E-state index is 9.63. The van der Waals surface area contributed by atoms with Crippen molar-refractivity contribution in [1.29, 1.82) is 0 Å². The maximum absolute atomic E-state index is 9.63. The second kappa shape index (κ2) is 7.85. The van der Waals surface area contributed by atoms with Gasteiger partial charge in [0.25, 0.3) is 0 Å². The van der Waals surface area contributed by atoms with Crippen molar-refractivity contribution in [3.05, 3.63) is 29.8 Å². The second-order valence-corrected chi connectivity index (χ2v) is 7.69. The Morgan fingerprint density at radius 3 is 2.33 bits per heavy atom. The molecule has 0 amide bonds. The number of rotatable bonds is 7. The Bertz CT molecular complexity index is 506. The number of hydrogen-bond acceptors (Lipinski definition) is 4. The maximum Gasteiger partial charge on any atom is 0.0574 e. The molecule has 0 radical (unpaired) electrons. The van der Waals surface area contributed by atoms with Crippen molar-refractivity contribution in [2.45, 2.75) is 63.8 Å². The Balaban J connectivity index is 1.49. The first-order chi connectivity index (χ1) is 11.5. The number of nitrogens with one attached hydrogen (secondary N) is 1. The zero-order chi connectivity index (χ0) is 17.1. The number of piperidine rings is 1. The first-order valence-electron chi connectivity index (χ1n) is 9.53. The Morgan fingerprint density at radius 2 is 1.75 bits per heavy atom. The molecule has 0 spiro atoms. The van der Waals surface area contributed by atoms with Gasteiger partial charge < -0.3 is 15.3 Å². The summed E-state index contributed by atoms with van der Waals surface area (Å²) in [5.41, 5.74) is 2.62. The minimum absolute atomic E-state index is 0.111. The van der Waals surface area contributed by atoms with Gasteiger partial charge in [0.15, 0.2) is 0 Å². The molecule has 2 N–H and O–H groups in total. The summed E-state index contributed by atoms with van der Waals surface area (Å²) < 4.78 is 0. The van der Waals surface area contributed by atoms with Gasteiger partial charge >= 0.3 is 0 Å². The van der Waals surface area contributed by atoms with Crippen LogP contribution in [0.25, 0.3) is 0 Å². The summed E-state index contributed by atoms with van der Waals surface area (Å²) >= 11 is 0. The summed E-state index contributed by atoms with van der Waals surface area (Å²) in [7, 11) is 2.25. The number of benzene rings is 1. The standard InChI is InChI=1S/C20H33N3O/c1-15(22(3)18-8-9-18)14-21-16(2)17-4-6-19(7-5-17)23-12-10-20(24)11-13-23/h4-7,15-16,18,20-21,24H,8-14H2,1-3H3. The van der Waals surface area contributed by atoms with Gasteiger partial charge in [-0.2, -0.15) is 0 Å². The van der Waals surface area contributed by atoms with E-state index in [4.69, 9.17) is 0 Å². The average molecular weight is 332 g/mol. The van der Waals surface area contributed by atoms with Crippen molar-refractivity contribution in [2.24, 2.45) is 0 Å². The predicted octanol–water partition coefficient (Wildman–Crippen LogP) is 2.78. The molecule has 1 aliphatic carbocycles. The Hall–Kier alpha value is -1.10. The van der Waals surface area contributed by atoms with Gasteiger partial charge in [-0.05, 0) is 64.3 Å². The van der Waals surface area contributed by atoms with Crippen LogP contribution in [0.15, 0.2) is 24.3 Å².